The van der Waals surface area contributed by atoms with Crippen molar-refractivity contribution < 1.29 is 9.53 Å². The van der Waals surface area contributed by atoms with Crippen molar-refractivity contribution in [3.8, 4) is 11.4 Å². The summed E-state index contributed by atoms with van der Waals surface area (Å²) in [6, 6.07) is 9.32. The monoisotopic (exact) mass is 348 g/mol. The number of carbonyl (C=O) groups excluding carboxylic acids is 1. The molecule has 1 aliphatic heterocycles. The summed E-state index contributed by atoms with van der Waals surface area (Å²) in [6.45, 7) is 2.38. The van der Waals surface area contributed by atoms with Crippen LogP contribution in [-0.4, -0.2) is 34.6 Å². The van der Waals surface area contributed by atoms with Crippen LogP contribution in [0.5, 0.6) is 0 Å². The summed E-state index contributed by atoms with van der Waals surface area (Å²) in [5, 5.41) is 2.87. The summed E-state index contributed by atoms with van der Waals surface area (Å²) in [5.74, 6) is 0.549. The summed E-state index contributed by atoms with van der Waals surface area (Å²) < 4.78 is 5.59. The van der Waals surface area contributed by atoms with E-state index in [2.05, 4.69) is 15.3 Å². The Kier molecular flexibility index (Phi) is 6.25. The number of hydrogen-bond donors (Lipinski definition) is 2. The number of carbonyl (C=O) groups is 1. The van der Waals surface area contributed by atoms with Crippen molar-refractivity contribution >= 4 is 24.0 Å². The fourth-order valence-corrected chi connectivity index (χ4v) is 2.59. The number of rotatable bonds is 4. The van der Waals surface area contributed by atoms with Gasteiger partial charge in [-0.1, -0.05) is 0 Å². The zero-order chi connectivity index (χ0) is 16.2. The SMILES string of the molecule is Cc1ccnc(-c2ccc(NC(=O)[C@@H]3CC[C@H](CN)O3)cc2)n1.Cl. The first-order chi connectivity index (χ1) is 11.2. The minimum Gasteiger partial charge on any atom is -0.364 e. The lowest BCUT2D eigenvalue weighted by Crippen LogP contribution is -2.29. The van der Waals surface area contributed by atoms with Gasteiger partial charge in [0.1, 0.15) is 6.10 Å². The number of nitrogens with two attached hydrogens (primary N) is 1. The number of hydrogen-bond acceptors (Lipinski definition) is 5. The Morgan fingerprint density at radius 3 is 2.67 bits per heavy atom. The molecule has 1 fully saturated rings. The highest BCUT2D eigenvalue weighted by Gasteiger charge is 2.29. The standard InChI is InChI=1S/C17H20N4O2.ClH/c1-11-8-9-19-16(20-11)12-2-4-13(5-3-12)21-17(22)15-7-6-14(10-18)23-15;/h2-5,8-9,14-15H,6-7,10,18H2,1H3,(H,21,22);1H/t14-,15+;/m1./s1. The lowest BCUT2D eigenvalue weighted by atomic mass is 10.1. The van der Waals surface area contributed by atoms with E-state index in [4.69, 9.17) is 10.5 Å². The Morgan fingerprint density at radius 1 is 1.29 bits per heavy atom. The van der Waals surface area contributed by atoms with Crippen molar-refractivity contribution in [1.82, 2.24) is 9.97 Å². The van der Waals surface area contributed by atoms with Crippen LogP contribution >= 0.6 is 12.4 Å². The summed E-state index contributed by atoms with van der Waals surface area (Å²) >= 11 is 0. The summed E-state index contributed by atoms with van der Waals surface area (Å²) in [6.07, 6.45) is 2.86. The molecule has 0 spiro atoms. The van der Waals surface area contributed by atoms with Gasteiger partial charge in [-0.05, 0) is 50.1 Å². The Labute approximate surface area is 147 Å². The van der Waals surface area contributed by atoms with Crippen LogP contribution in [0.4, 0.5) is 5.69 Å². The third kappa shape index (κ3) is 4.29. The zero-order valence-corrected chi connectivity index (χ0v) is 14.3. The second-order valence-electron chi connectivity index (χ2n) is 5.65. The molecule has 24 heavy (non-hydrogen) atoms. The van der Waals surface area contributed by atoms with Crippen molar-refractivity contribution in [3.63, 3.8) is 0 Å². The third-order valence-electron chi connectivity index (χ3n) is 3.87. The minimum absolute atomic E-state index is 0. The molecule has 2 atom stereocenters. The number of halogens is 1. The van der Waals surface area contributed by atoms with Crippen LogP contribution < -0.4 is 11.1 Å². The maximum absolute atomic E-state index is 12.2. The van der Waals surface area contributed by atoms with Gasteiger partial charge in [0.05, 0.1) is 6.10 Å². The number of nitrogens with one attached hydrogen (secondary N) is 1. The Balaban J connectivity index is 0.00000208. The fourth-order valence-electron chi connectivity index (χ4n) is 2.59. The molecule has 2 aromatic rings. The number of aryl methyl sites for hydroxylation is 1. The van der Waals surface area contributed by atoms with Gasteiger partial charge in [-0.15, -0.1) is 12.4 Å². The second-order valence-corrected chi connectivity index (χ2v) is 5.65. The molecule has 0 aliphatic carbocycles. The molecular weight excluding hydrogens is 328 g/mol. The average Bonchev–Trinajstić information content (AvgIpc) is 3.05. The molecule has 0 unspecified atom stereocenters. The second kappa shape index (κ2) is 8.19. The maximum atomic E-state index is 12.2. The van der Waals surface area contributed by atoms with Crippen LogP contribution in [0.2, 0.25) is 0 Å². The summed E-state index contributed by atoms with van der Waals surface area (Å²) in [7, 11) is 0. The number of amides is 1. The van der Waals surface area contributed by atoms with Crippen LogP contribution in [-0.2, 0) is 9.53 Å². The van der Waals surface area contributed by atoms with Gasteiger partial charge >= 0.3 is 0 Å². The number of aromatic nitrogens is 2. The normalized spacial score (nSPS) is 19.6. The number of nitrogens with zero attached hydrogens (tertiary/aromatic N) is 2. The van der Waals surface area contributed by atoms with Crippen molar-refractivity contribution in [2.45, 2.75) is 32.0 Å². The van der Waals surface area contributed by atoms with Gasteiger partial charge in [0, 0.05) is 29.7 Å². The Bertz CT molecular complexity index is 693. The van der Waals surface area contributed by atoms with Crippen LogP contribution in [0, 0.1) is 6.92 Å². The van der Waals surface area contributed by atoms with Crippen molar-refractivity contribution in [2.24, 2.45) is 5.73 Å². The van der Waals surface area contributed by atoms with Crippen LogP contribution in [0.25, 0.3) is 11.4 Å². The number of benzene rings is 1. The van der Waals surface area contributed by atoms with Crippen molar-refractivity contribution in [3.05, 3.63) is 42.2 Å². The molecule has 128 valence electrons. The fraction of sp³-hybridized carbons (Fsp3) is 0.353. The van der Waals surface area contributed by atoms with E-state index in [0.717, 1.165) is 23.4 Å². The molecule has 2 heterocycles. The minimum atomic E-state index is -0.414. The molecular formula is C17H21ClN4O2. The molecule has 3 rings (SSSR count). The predicted octanol–water partition coefficient (Wildman–Crippen LogP) is 2.32. The van der Waals surface area contributed by atoms with E-state index in [1.807, 2.05) is 37.3 Å². The van der Waals surface area contributed by atoms with E-state index in [9.17, 15) is 4.79 Å². The maximum Gasteiger partial charge on any atom is 0.253 e. The first kappa shape index (κ1) is 18.3. The smallest absolute Gasteiger partial charge is 0.253 e. The first-order valence-electron chi connectivity index (χ1n) is 7.72. The molecule has 6 nitrogen and oxygen atoms in total. The molecule has 1 aliphatic rings. The van der Waals surface area contributed by atoms with Gasteiger partial charge in [-0.25, -0.2) is 9.97 Å². The highest BCUT2D eigenvalue weighted by Crippen LogP contribution is 2.22. The van der Waals surface area contributed by atoms with Gasteiger partial charge in [-0.2, -0.15) is 0 Å². The molecule has 1 aromatic heterocycles. The van der Waals surface area contributed by atoms with Gasteiger partial charge in [-0.3, -0.25) is 4.79 Å². The van der Waals surface area contributed by atoms with E-state index in [-0.39, 0.29) is 24.4 Å². The van der Waals surface area contributed by atoms with Gasteiger partial charge in [0.15, 0.2) is 5.82 Å². The molecule has 0 saturated carbocycles. The number of anilines is 1. The van der Waals surface area contributed by atoms with E-state index in [1.165, 1.54) is 0 Å². The van der Waals surface area contributed by atoms with E-state index in [1.54, 1.807) is 6.20 Å². The van der Waals surface area contributed by atoms with Gasteiger partial charge in [0.25, 0.3) is 5.91 Å². The topological polar surface area (TPSA) is 90.1 Å². The van der Waals surface area contributed by atoms with E-state index >= 15 is 0 Å². The molecule has 3 N–H and O–H groups in total. The Morgan fingerprint density at radius 2 is 2.04 bits per heavy atom. The first-order valence-corrected chi connectivity index (χ1v) is 7.72. The summed E-state index contributed by atoms with van der Waals surface area (Å²) in [4.78, 5) is 20.8. The zero-order valence-electron chi connectivity index (χ0n) is 13.4. The Hall–Kier alpha value is -2.02. The largest absolute Gasteiger partial charge is 0.364 e. The lowest BCUT2D eigenvalue weighted by molar-refractivity contribution is -0.126. The van der Waals surface area contributed by atoms with Crippen molar-refractivity contribution in [2.75, 3.05) is 11.9 Å². The highest BCUT2D eigenvalue weighted by atomic mass is 35.5. The molecule has 1 aromatic carbocycles. The number of ether oxygens (including phenoxy) is 1. The van der Waals surface area contributed by atoms with E-state index < -0.39 is 6.10 Å². The van der Waals surface area contributed by atoms with Gasteiger partial charge in [0.2, 0.25) is 0 Å². The van der Waals surface area contributed by atoms with Crippen molar-refractivity contribution in [1.29, 1.82) is 0 Å². The lowest BCUT2D eigenvalue weighted by Gasteiger charge is -2.13. The molecule has 7 heteroatoms. The van der Waals surface area contributed by atoms with Crippen LogP contribution in [0.3, 0.4) is 0 Å². The third-order valence-corrected chi connectivity index (χ3v) is 3.87. The van der Waals surface area contributed by atoms with E-state index in [0.29, 0.717) is 18.8 Å². The highest BCUT2D eigenvalue weighted by molar-refractivity contribution is 5.94. The quantitative estimate of drug-likeness (QED) is 0.884. The average molecular weight is 349 g/mol. The van der Waals surface area contributed by atoms with Gasteiger partial charge < -0.3 is 15.8 Å². The van der Waals surface area contributed by atoms with Crippen LogP contribution in [0.15, 0.2) is 36.5 Å². The summed E-state index contributed by atoms with van der Waals surface area (Å²) in [5.41, 5.74) is 8.12. The molecule has 0 radical (unpaired) electrons. The predicted molar refractivity (Wildman–Crippen MR) is 95.0 cm³/mol. The molecule has 0 bridgehead atoms. The molecule has 1 amide bonds. The van der Waals surface area contributed by atoms with Crippen LogP contribution in [0.1, 0.15) is 18.5 Å². The molecule has 1 saturated heterocycles.